The lowest BCUT2D eigenvalue weighted by Crippen LogP contribution is -2.19. The highest BCUT2D eigenvalue weighted by atomic mass is 16.1. The van der Waals surface area contributed by atoms with Crippen LogP contribution in [0.25, 0.3) is 11.0 Å². The van der Waals surface area contributed by atoms with Crippen LogP contribution < -0.4 is 10.9 Å². The molecule has 0 aromatic carbocycles. The molecule has 0 saturated heterocycles. The molecule has 2 rings (SSSR count). The van der Waals surface area contributed by atoms with Gasteiger partial charge in [0.05, 0.1) is 0 Å². The maximum atomic E-state index is 12.0. The fourth-order valence-corrected chi connectivity index (χ4v) is 1.74. The van der Waals surface area contributed by atoms with E-state index in [4.69, 9.17) is 0 Å². The standard InChI is InChI=1S/C12H14N2O2/c1-5-7(3)13-10-9(11(5)15)14-8(4)6(2)12(10)16/h1-4H3,(H,13,15)(H,14,16). The van der Waals surface area contributed by atoms with Crippen molar-refractivity contribution in [3.63, 3.8) is 0 Å². The fraction of sp³-hybridized carbons (Fsp3) is 0.333. The van der Waals surface area contributed by atoms with E-state index in [-0.39, 0.29) is 10.9 Å². The predicted octanol–water partition coefficient (Wildman–Crippen LogP) is 1.45. The third-order valence-corrected chi connectivity index (χ3v) is 3.14. The lowest BCUT2D eigenvalue weighted by molar-refractivity contribution is 1.11. The average Bonchev–Trinajstić information content (AvgIpc) is 2.25. The largest absolute Gasteiger partial charge is 0.354 e. The van der Waals surface area contributed by atoms with Crippen molar-refractivity contribution in [3.8, 4) is 0 Å². The summed E-state index contributed by atoms with van der Waals surface area (Å²) < 4.78 is 0. The molecule has 0 aliphatic heterocycles. The van der Waals surface area contributed by atoms with Crippen LogP contribution in [0.4, 0.5) is 0 Å². The zero-order chi connectivity index (χ0) is 12.0. The van der Waals surface area contributed by atoms with Gasteiger partial charge in [0.15, 0.2) is 0 Å². The molecule has 0 aliphatic carbocycles. The van der Waals surface area contributed by atoms with Crippen molar-refractivity contribution >= 4 is 11.0 Å². The highest BCUT2D eigenvalue weighted by Gasteiger charge is 2.11. The van der Waals surface area contributed by atoms with Gasteiger partial charge in [-0.2, -0.15) is 0 Å². The molecule has 0 fully saturated rings. The van der Waals surface area contributed by atoms with Crippen molar-refractivity contribution in [1.29, 1.82) is 0 Å². The second kappa shape index (κ2) is 3.33. The number of pyridine rings is 2. The molecule has 2 aromatic rings. The Bertz CT molecular complexity index is 631. The van der Waals surface area contributed by atoms with Gasteiger partial charge in [0, 0.05) is 22.5 Å². The summed E-state index contributed by atoms with van der Waals surface area (Å²) in [7, 11) is 0. The van der Waals surface area contributed by atoms with Gasteiger partial charge in [-0.05, 0) is 27.7 Å². The maximum absolute atomic E-state index is 12.0. The van der Waals surface area contributed by atoms with Crippen molar-refractivity contribution in [1.82, 2.24) is 9.97 Å². The molecule has 0 amide bonds. The number of fused-ring (bicyclic) bond motifs is 1. The van der Waals surface area contributed by atoms with Gasteiger partial charge in [-0.25, -0.2) is 0 Å². The molecule has 84 valence electrons. The van der Waals surface area contributed by atoms with Crippen LogP contribution in [-0.2, 0) is 0 Å². The Morgan fingerprint density at radius 3 is 1.31 bits per heavy atom. The zero-order valence-corrected chi connectivity index (χ0v) is 9.82. The number of rotatable bonds is 0. The van der Waals surface area contributed by atoms with E-state index in [1.807, 2.05) is 0 Å². The minimum absolute atomic E-state index is 0.105. The van der Waals surface area contributed by atoms with Crippen LogP contribution in [-0.4, -0.2) is 9.97 Å². The number of aryl methyl sites for hydroxylation is 2. The molecule has 2 N–H and O–H groups in total. The van der Waals surface area contributed by atoms with Crippen LogP contribution in [0.3, 0.4) is 0 Å². The predicted molar refractivity (Wildman–Crippen MR) is 64.1 cm³/mol. The van der Waals surface area contributed by atoms with Crippen LogP contribution in [0.5, 0.6) is 0 Å². The van der Waals surface area contributed by atoms with E-state index in [0.29, 0.717) is 22.2 Å². The minimum Gasteiger partial charge on any atom is -0.354 e. The molecule has 0 bridgehead atoms. The average molecular weight is 218 g/mol. The zero-order valence-electron chi connectivity index (χ0n) is 9.82. The maximum Gasteiger partial charge on any atom is 0.208 e. The Morgan fingerprint density at radius 1 is 0.688 bits per heavy atom. The first kappa shape index (κ1) is 10.7. The highest BCUT2D eigenvalue weighted by molar-refractivity contribution is 5.75. The Morgan fingerprint density at radius 2 is 1.00 bits per heavy atom. The molecule has 0 unspecified atom stereocenters. The van der Waals surface area contributed by atoms with E-state index in [1.54, 1.807) is 27.7 Å². The molecular weight excluding hydrogens is 204 g/mol. The van der Waals surface area contributed by atoms with Gasteiger partial charge in [-0.1, -0.05) is 0 Å². The summed E-state index contributed by atoms with van der Waals surface area (Å²) in [6, 6.07) is 0. The molecule has 0 aliphatic rings. The third kappa shape index (κ3) is 1.30. The van der Waals surface area contributed by atoms with E-state index in [0.717, 1.165) is 11.4 Å². The number of hydrogen-bond acceptors (Lipinski definition) is 2. The topological polar surface area (TPSA) is 65.7 Å². The summed E-state index contributed by atoms with van der Waals surface area (Å²) in [4.78, 5) is 29.9. The van der Waals surface area contributed by atoms with Crippen LogP contribution in [0.15, 0.2) is 9.59 Å². The first-order chi connectivity index (χ1) is 7.43. The van der Waals surface area contributed by atoms with Crippen molar-refractivity contribution in [3.05, 3.63) is 43.0 Å². The lowest BCUT2D eigenvalue weighted by atomic mass is 10.1. The van der Waals surface area contributed by atoms with Gasteiger partial charge in [-0.3, -0.25) is 9.59 Å². The summed E-state index contributed by atoms with van der Waals surface area (Å²) >= 11 is 0. The molecular formula is C12H14N2O2. The SMILES string of the molecule is Cc1[nH]c2c(=O)c(C)c(C)[nH]c2c(=O)c1C. The smallest absolute Gasteiger partial charge is 0.208 e. The van der Waals surface area contributed by atoms with E-state index in [2.05, 4.69) is 9.97 Å². The molecule has 4 heteroatoms. The summed E-state index contributed by atoms with van der Waals surface area (Å²) in [5.74, 6) is 0. The molecule has 0 atom stereocenters. The Labute approximate surface area is 92.3 Å². The fourth-order valence-electron chi connectivity index (χ4n) is 1.74. The molecule has 2 aromatic heterocycles. The summed E-state index contributed by atoms with van der Waals surface area (Å²) in [6.45, 7) is 7.10. The first-order valence-electron chi connectivity index (χ1n) is 5.16. The van der Waals surface area contributed by atoms with E-state index >= 15 is 0 Å². The van der Waals surface area contributed by atoms with Crippen LogP contribution in [0.1, 0.15) is 22.5 Å². The van der Waals surface area contributed by atoms with Gasteiger partial charge in [-0.15, -0.1) is 0 Å². The van der Waals surface area contributed by atoms with Gasteiger partial charge in [0.2, 0.25) is 10.9 Å². The summed E-state index contributed by atoms with van der Waals surface area (Å²) in [5.41, 5.74) is 3.31. The molecule has 0 spiro atoms. The van der Waals surface area contributed by atoms with Crippen LogP contribution in [0.2, 0.25) is 0 Å². The minimum atomic E-state index is -0.105. The molecule has 2 heterocycles. The number of aromatic amines is 2. The van der Waals surface area contributed by atoms with Crippen LogP contribution >= 0.6 is 0 Å². The van der Waals surface area contributed by atoms with Crippen molar-refractivity contribution in [2.24, 2.45) is 0 Å². The molecule has 4 nitrogen and oxygen atoms in total. The van der Waals surface area contributed by atoms with Crippen LogP contribution in [0, 0.1) is 27.7 Å². The Kier molecular flexibility index (Phi) is 2.22. The van der Waals surface area contributed by atoms with Gasteiger partial charge < -0.3 is 9.97 Å². The van der Waals surface area contributed by atoms with E-state index in [9.17, 15) is 9.59 Å². The van der Waals surface area contributed by atoms with E-state index in [1.165, 1.54) is 0 Å². The number of hydrogen-bond donors (Lipinski definition) is 2. The summed E-state index contributed by atoms with van der Waals surface area (Å²) in [5, 5.41) is 0. The van der Waals surface area contributed by atoms with Gasteiger partial charge in [0.1, 0.15) is 11.0 Å². The monoisotopic (exact) mass is 218 g/mol. The molecule has 0 radical (unpaired) electrons. The van der Waals surface area contributed by atoms with E-state index < -0.39 is 0 Å². The van der Waals surface area contributed by atoms with Crippen molar-refractivity contribution in [2.75, 3.05) is 0 Å². The number of nitrogens with one attached hydrogen (secondary N) is 2. The van der Waals surface area contributed by atoms with Crippen molar-refractivity contribution in [2.45, 2.75) is 27.7 Å². The normalized spacial score (nSPS) is 11.0. The highest BCUT2D eigenvalue weighted by Crippen LogP contribution is 2.08. The third-order valence-electron chi connectivity index (χ3n) is 3.14. The lowest BCUT2D eigenvalue weighted by Gasteiger charge is -2.06. The second-order valence-electron chi connectivity index (χ2n) is 4.16. The molecule has 16 heavy (non-hydrogen) atoms. The second-order valence-corrected chi connectivity index (χ2v) is 4.16. The Hall–Kier alpha value is -1.84. The first-order valence-corrected chi connectivity index (χ1v) is 5.16. The molecule has 0 saturated carbocycles. The van der Waals surface area contributed by atoms with Gasteiger partial charge >= 0.3 is 0 Å². The Balaban J connectivity index is 3.16. The number of aromatic nitrogens is 2. The quantitative estimate of drug-likeness (QED) is 0.702. The summed E-state index contributed by atoms with van der Waals surface area (Å²) in [6.07, 6.45) is 0. The van der Waals surface area contributed by atoms with Crippen molar-refractivity contribution < 1.29 is 0 Å². The number of H-pyrrole nitrogens is 2. The van der Waals surface area contributed by atoms with Gasteiger partial charge in [0.25, 0.3) is 0 Å².